The number of hydrogen-bond acceptors (Lipinski definition) is 6. The second-order valence-corrected chi connectivity index (χ2v) is 8.83. The molecule has 0 radical (unpaired) electrons. The Morgan fingerprint density at radius 3 is 2.42 bits per heavy atom. The maximum Gasteiger partial charge on any atom is 0.330 e. The third-order valence-electron chi connectivity index (χ3n) is 5.64. The van der Waals surface area contributed by atoms with Crippen molar-refractivity contribution in [1.82, 2.24) is 24.0 Å². The van der Waals surface area contributed by atoms with Gasteiger partial charge in [0.25, 0.3) is 5.56 Å². The third-order valence-corrected chi connectivity index (χ3v) is 5.64. The van der Waals surface area contributed by atoms with Crippen LogP contribution in [0.3, 0.4) is 0 Å². The molecule has 0 aliphatic carbocycles. The molecule has 10 nitrogen and oxygen atoms in total. The van der Waals surface area contributed by atoms with Crippen LogP contribution in [-0.4, -0.2) is 56.1 Å². The van der Waals surface area contributed by atoms with Gasteiger partial charge in [0.15, 0.2) is 11.2 Å². The summed E-state index contributed by atoms with van der Waals surface area (Å²) in [5, 5.41) is 0. The van der Waals surface area contributed by atoms with Crippen LogP contribution in [0.15, 0.2) is 9.59 Å². The summed E-state index contributed by atoms with van der Waals surface area (Å²) in [6, 6.07) is 0. The van der Waals surface area contributed by atoms with Crippen molar-refractivity contribution in [2.24, 2.45) is 11.8 Å². The summed E-state index contributed by atoms with van der Waals surface area (Å²) < 4.78 is 8.11. The monoisotopic (exact) mass is 463 g/mol. The SMILES string of the molecule is CCCCn1c(=O)[nH]c(=O)c2c1nc(CCC(=O)N(CC)CC(C)C(=O)OC)n2CC(C)C. The van der Waals surface area contributed by atoms with Gasteiger partial charge in [-0.2, -0.15) is 0 Å². The standard InChI is InChI=1S/C23H37N5O5/c1-7-9-12-27-20-19(21(30)25-23(27)32)28(13-15(3)4)17(24-20)10-11-18(29)26(8-2)14-16(5)22(31)33-6/h15-16H,7-14H2,1-6H3,(H,25,30,32). The number of hydrogen-bond donors (Lipinski definition) is 1. The molecule has 2 heterocycles. The van der Waals surface area contributed by atoms with Crippen molar-refractivity contribution in [1.29, 1.82) is 0 Å². The number of nitrogens with zero attached hydrogens (tertiary/aromatic N) is 4. The molecule has 2 aromatic rings. The van der Waals surface area contributed by atoms with Gasteiger partial charge >= 0.3 is 11.7 Å². The van der Waals surface area contributed by atoms with Crippen LogP contribution in [0.5, 0.6) is 0 Å². The van der Waals surface area contributed by atoms with Crippen LogP contribution >= 0.6 is 0 Å². The Morgan fingerprint density at radius 2 is 1.85 bits per heavy atom. The van der Waals surface area contributed by atoms with Crippen LogP contribution in [0.2, 0.25) is 0 Å². The second-order valence-electron chi connectivity index (χ2n) is 8.83. The first-order valence-corrected chi connectivity index (χ1v) is 11.7. The number of amides is 1. The van der Waals surface area contributed by atoms with Crippen LogP contribution < -0.4 is 11.2 Å². The molecule has 0 spiro atoms. The lowest BCUT2D eigenvalue weighted by molar-refractivity contribution is -0.146. The molecule has 0 fully saturated rings. The Balaban J connectivity index is 2.37. The fourth-order valence-corrected chi connectivity index (χ4v) is 3.88. The molecule has 1 N–H and O–H groups in total. The third kappa shape index (κ3) is 6.33. The maximum atomic E-state index is 12.9. The summed E-state index contributed by atoms with van der Waals surface area (Å²) in [5.41, 5.74) is -0.192. The summed E-state index contributed by atoms with van der Waals surface area (Å²) in [6.45, 7) is 11.5. The summed E-state index contributed by atoms with van der Waals surface area (Å²) >= 11 is 0. The zero-order valence-electron chi connectivity index (χ0n) is 20.6. The van der Waals surface area contributed by atoms with Gasteiger partial charge in [0.1, 0.15) is 5.82 Å². The Hall–Kier alpha value is -2.91. The molecule has 0 saturated carbocycles. The first-order valence-electron chi connectivity index (χ1n) is 11.7. The number of carbonyl (C=O) groups excluding carboxylic acids is 2. The number of rotatable bonds is 12. The summed E-state index contributed by atoms with van der Waals surface area (Å²) in [4.78, 5) is 58.5. The zero-order valence-corrected chi connectivity index (χ0v) is 20.6. The lowest BCUT2D eigenvalue weighted by Gasteiger charge is -2.23. The number of H-pyrrole nitrogens is 1. The van der Waals surface area contributed by atoms with E-state index in [2.05, 4.69) is 9.97 Å². The van der Waals surface area contributed by atoms with Crippen molar-refractivity contribution in [2.45, 2.75) is 73.4 Å². The molecule has 2 aromatic heterocycles. The molecule has 0 saturated heterocycles. The number of aryl methyl sites for hydroxylation is 2. The average molecular weight is 464 g/mol. The summed E-state index contributed by atoms with van der Waals surface area (Å²) in [7, 11) is 1.33. The van der Waals surface area contributed by atoms with Crippen LogP contribution in [0.1, 0.15) is 59.7 Å². The molecule has 2 rings (SSSR count). The van der Waals surface area contributed by atoms with Crippen molar-refractivity contribution in [3.05, 3.63) is 26.7 Å². The number of aromatic amines is 1. The van der Waals surface area contributed by atoms with Crippen molar-refractivity contribution in [3.63, 3.8) is 0 Å². The fraction of sp³-hybridized carbons (Fsp3) is 0.696. The van der Waals surface area contributed by atoms with Gasteiger partial charge in [-0.05, 0) is 19.3 Å². The lowest BCUT2D eigenvalue weighted by Crippen LogP contribution is -2.37. The smallest absolute Gasteiger partial charge is 0.330 e. The van der Waals surface area contributed by atoms with Crippen LogP contribution in [-0.2, 0) is 33.8 Å². The highest BCUT2D eigenvalue weighted by Crippen LogP contribution is 2.17. The number of aromatic nitrogens is 4. The van der Waals surface area contributed by atoms with Gasteiger partial charge in [0, 0.05) is 39.0 Å². The van der Waals surface area contributed by atoms with Gasteiger partial charge in [0.2, 0.25) is 5.91 Å². The van der Waals surface area contributed by atoms with E-state index in [0.717, 1.165) is 12.8 Å². The zero-order chi connectivity index (χ0) is 24.7. The van der Waals surface area contributed by atoms with Gasteiger partial charge in [-0.15, -0.1) is 0 Å². The molecule has 10 heteroatoms. The average Bonchev–Trinajstić information content (AvgIpc) is 3.12. The van der Waals surface area contributed by atoms with Gasteiger partial charge < -0.3 is 14.2 Å². The number of imidazole rings is 1. The van der Waals surface area contributed by atoms with Gasteiger partial charge in [-0.25, -0.2) is 9.78 Å². The number of carbonyl (C=O) groups is 2. The molecule has 33 heavy (non-hydrogen) atoms. The van der Waals surface area contributed by atoms with E-state index in [1.165, 1.54) is 11.7 Å². The minimum atomic E-state index is -0.466. The van der Waals surface area contributed by atoms with Crippen molar-refractivity contribution in [2.75, 3.05) is 20.2 Å². The molecule has 1 amide bonds. The number of nitrogens with one attached hydrogen (secondary N) is 1. The van der Waals surface area contributed by atoms with E-state index < -0.39 is 17.2 Å². The fourth-order valence-electron chi connectivity index (χ4n) is 3.88. The summed E-state index contributed by atoms with van der Waals surface area (Å²) in [5.74, 6) is -0.0419. The molecule has 0 aliphatic rings. The predicted octanol–water partition coefficient (Wildman–Crippen LogP) is 1.93. The van der Waals surface area contributed by atoms with Gasteiger partial charge in [0.05, 0.1) is 13.0 Å². The van der Waals surface area contributed by atoms with E-state index in [9.17, 15) is 19.2 Å². The van der Waals surface area contributed by atoms with E-state index in [1.807, 2.05) is 32.3 Å². The van der Waals surface area contributed by atoms with Crippen LogP contribution in [0.25, 0.3) is 11.2 Å². The minimum Gasteiger partial charge on any atom is -0.469 e. The molecule has 1 atom stereocenters. The molecule has 0 aliphatic heterocycles. The summed E-state index contributed by atoms with van der Waals surface area (Å²) in [6.07, 6.45) is 2.19. The predicted molar refractivity (Wildman–Crippen MR) is 126 cm³/mol. The van der Waals surface area contributed by atoms with Crippen LogP contribution in [0.4, 0.5) is 0 Å². The largest absolute Gasteiger partial charge is 0.469 e. The van der Waals surface area contributed by atoms with Crippen molar-refractivity contribution >= 4 is 23.0 Å². The first kappa shape index (κ1) is 26.3. The van der Waals surface area contributed by atoms with E-state index >= 15 is 0 Å². The highest BCUT2D eigenvalue weighted by Gasteiger charge is 2.23. The van der Waals surface area contributed by atoms with E-state index in [-0.39, 0.29) is 30.8 Å². The number of fused-ring (bicyclic) bond motifs is 1. The maximum absolute atomic E-state index is 12.9. The first-order chi connectivity index (χ1) is 15.6. The van der Waals surface area contributed by atoms with Crippen molar-refractivity contribution in [3.8, 4) is 0 Å². The number of ether oxygens (including phenoxy) is 1. The lowest BCUT2D eigenvalue weighted by atomic mass is 10.1. The Kier molecular flexibility index (Phi) is 9.43. The Labute approximate surface area is 193 Å². The molecular weight excluding hydrogens is 426 g/mol. The number of unbranched alkanes of at least 4 members (excludes halogenated alkanes) is 1. The van der Waals surface area contributed by atoms with E-state index in [1.54, 1.807) is 11.8 Å². The molecule has 0 aromatic carbocycles. The van der Waals surface area contributed by atoms with E-state index in [0.29, 0.717) is 43.0 Å². The number of esters is 1. The Bertz CT molecular complexity index is 1080. The highest BCUT2D eigenvalue weighted by atomic mass is 16.5. The normalized spacial score (nSPS) is 12.3. The van der Waals surface area contributed by atoms with Crippen molar-refractivity contribution < 1.29 is 14.3 Å². The number of methoxy groups -OCH3 is 1. The van der Waals surface area contributed by atoms with Crippen LogP contribution in [0, 0.1) is 11.8 Å². The van der Waals surface area contributed by atoms with E-state index in [4.69, 9.17) is 4.74 Å². The molecule has 0 bridgehead atoms. The molecule has 1 unspecified atom stereocenters. The van der Waals surface area contributed by atoms with Gasteiger partial charge in [-0.1, -0.05) is 34.1 Å². The second kappa shape index (κ2) is 11.8. The Morgan fingerprint density at radius 1 is 1.15 bits per heavy atom. The van der Waals surface area contributed by atoms with Gasteiger partial charge in [-0.3, -0.25) is 23.9 Å². The quantitative estimate of drug-likeness (QED) is 0.481. The molecule has 184 valence electrons. The highest BCUT2D eigenvalue weighted by molar-refractivity contribution is 5.78. The minimum absolute atomic E-state index is 0.103. The molecular formula is C23H37N5O5. The topological polar surface area (TPSA) is 119 Å².